The first kappa shape index (κ1) is 7.27. The number of hydrogen-bond donors (Lipinski definition) is 0. The molecule has 0 aromatic carbocycles. The smallest absolute Gasteiger partial charge is 0.123 e. The number of hydrogen-bond acceptors (Lipinski definition) is 2. The molecule has 2 nitrogen and oxygen atoms in total. The topological polar surface area (TPSA) is 40.9 Å². The van der Waals surface area contributed by atoms with E-state index >= 15 is 0 Å². The van der Waals surface area contributed by atoms with Crippen LogP contribution in [-0.4, -0.2) is 6.29 Å². The standard InChI is InChI=1S/C8H11NO/c9-5-7-2-1-3-8(4-7)6-10/h6-8H,1-4H2. The van der Waals surface area contributed by atoms with Crippen molar-refractivity contribution in [1.29, 1.82) is 5.26 Å². The van der Waals surface area contributed by atoms with Crippen molar-refractivity contribution in [3.63, 3.8) is 0 Å². The molecule has 0 aromatic rings. The van der Waals surface area contributed by atoms with E-state index in [1.165, 1.54) is 0 Å². The Labute approximate surface area is 60.8 Å². The maximum Gasteiger partial charge on any atom is 0.123 e. The van der Waals surface area contributed by atoms with E-state index in [-0.39, 0.29) is 11.8 Å². The Hall–Kier alpha value is -0.840. The van der Waals surface area contributed by atoms with Crippen LogP contribution in [0.4, 0.5) is 0 Å². The minimum Gasteiger partial charge on any atom is -0.303 e. The Morgan fingerprint density at radius 3 is 2.90 bits per heavy atom. The Morgan fingerprint density at radius 2 is 2.30 bits per heavy atom. The van der Waals surface area contributed by atoms with Gasteiger partial charge in [0.15, 0.2) is 0 Å². The minimum atomic E-state index is 0.143. The number of nitriles is 1. The number of carbonyl (C=O) groups excluding carboxylic acids is 1. The van der Waals surface area contributed by atoms with Gasteiger partial charge >= 0.3 is 0 Å². The Morgan fingerprint density at radius 1 is 1.50 bits per heavy atom. The summed E-state index contributed by atoms with van der Waals surface area (Å²) in [5.41, 5.74) is 0. The molecule has 0 spiro atoms. The Kier molecular flexibility index (Phi) is 2.44. The predicted molar refractivity (Wildman–Crippen MR) is 37.1 cm³/mol. The summed E-state index contributed by atoms with van der Waals surface area (Å²) in [6, 6.07) is 2.21. The first-order chi connectivity index (χ1) is 4.86. The van der Waals surface area contributed by atoms with Gasteiger partial charge in [0.2, 0.25) is 0 Å². The molecule has 0 heterocycles. The second-order valence-electron chi connectivity index (χ2n) is 2.89. The fourth-order valence-corrected chi connectivity index (χ4v) is 1.47. The van der Waals surface area contributed by atoms with E-state index in [1.807, 2.05) is 0 Å². The third kappa shape index (κ3) is 1.57. The maximum atomic E-state index is 10.3. The van der Waals surface area contributed by atoms with Crippen LogP contribution in [0.2, 0.25) is 0 Å². The highest BCUT2D eigenvalue weighted by molar-refractivity contribution is 5.53. The molecule has 0 aliphatic heterocycles. The summed E-state index contributed by atoms with van der Waals surface area (Å²) in [7, 11) is 0. The maximum absolute atomic E-state index is 10.3. The second kappa shape index (κ2) is 3.36. The fraction of sp³-hybridized carbons (Fsp3) is 0.750. The summed E-state index contributed by atoms with van der Waals surface area (Å²) < 4.78 is 0. The van der Waals surface area contributed by atoms with Crippen molar-refractivity contribution in [2.75, 3.05) is 0 Å². The highest BCUT2D eigenvalue weighted by Crippen LogP contribution is 2.26. The lowest BCUT2D eigenvalue weighted by Gasteiger charge is -2.19. The van der Waals surface area contributed by atoms with Gasteiger partial charge in [-0.2, -0.15) is 5.26 Å². The minimum absolute atomic E-state index is 0.143. The van der Waals surface area contributed by atoms with Crippen LogP contribution in [0.1, 0.15) is 25.7 Å². The normalized spacial score (nSPS) is 32.7. The molecule has 0 radical (unpaired) electrons. The van der Waals surface area contributed by atoms with E-state index in [4.69, 9.17) is 5.26 Å². The van der Waals surface area contributed by atoms with Gasteiger partial charge < -0.3 is 4.79 Å². The average Bonchev–Trinajstić information content (AvgIpc) is 2.05. The highest BCUT2D eigenvalue weighted by atomic mass is 16.1. The largest absolute Gasteiger partial charge is 0.303 e. The van der Waals surface area contributed by atoms with Crippen LogP contribution in [0.5, 0.6) is 0 Å². The van der Waals surface area contributed by atoms with Gasteiger partial charge in [-0.25, -0.2) is 0 Å². The van der Waals surface area contributed by atoms with Crippen molar-refractivity contribution < 1.29 is 4.79 Å². The van der Waals surface area contributed by atoms with Crippen molar-refractivity contribution in [3.05, 3.63) is 0 Å². The summed E-state index contributed by atoms with van der Waals surface area (Å²) in [6.07, 6.45) is 4.80. The quantitative estimate of drug-likeness (QED) is 0.514. The van der Waals surface area contributed by atoms with Gasteiger partial charge in [-0.15, -0.1) is 0 Å². The molecule has 0 saturated heterocycles. The van der Waals surface area contributed by atoms with Crippen LogP contribution in [0.25, 0.3) is 0 Å². The summed E-state index contributed by atoms with van der Waals surface area (Å²) >= 11 is 0. The van der Waals surface area contributed by atoms with E-state index in [2.05, 4.69) is 6.07 Å². The molecule has 10 heavy (non-hydrogen) atoms. The summed E-state index contributed by atoms with van der Waals surface area (Å²) in [4.78, 5) is 10.3. The van der Waals surface area contributed by atoms with E-state index in [0.29, 0.717) is 0 Å². The molecule has 1 fully saturated rings. The lowest BCUT2D eigenvalue weighted by Crippen LogP contribution is -2.14. The summed E-state index contributed by atoms with van der Waals surface area (Å²) in [5, 5.41) is 8.54. The molecule has 2 atom stereocenters. The van der Waals surface area contributed by atoms with Gasteiger partial charge in [-0.3, -0.25) is 0 Å². The monoisotopic (exact) mass is 137 g/mol. The summed E-state index contributed by atoms with van der Waals surface area (Å²) in [6.45, 7) is 0. The molecule has 0 bridgehead atoms. The van der Waals surface area contributed by atoms with Crippen LogP contribution in [0, 0.1) is 23.2 Å². The average molecular weight is 137 g/mol. The molecular formula is C8H11NO. The van der Waals surface area contributed by atoms with Crippen molar-refractivity contribution in [1.82, 2.24) is 0 Å². The SMILES string of the molecule is N#CC1CCCC(C=O)C1. The van der Waals surface area contributed by atoms with Crippen molar-refractivity contribution >= 4 is 6.29 Å². The number of nitrogens with zero attached hydrogens (tertiary/aromatic N) is 1. The first-order valence-corrected chi connectivity index (χ1v) is 3.71. The Bertz CT molecular complexity index is 159. The van der Waals surface area contributed by atoms with E-state index in [1.54, 1.807) is 0 Å². The van der Waals surface area contributed by atoms with Gasteiger partial charge in [0.25, 0.3) is 0 Å². The van der Waals surface area contributed by atoms with Crippen LogP contribution in [-0.2, 0) is 4.79 Å². The zero-order valence-electron chi connectivity index (χ0n) is 5.92. The van der Waals surface area contributed by atoms with Crippen LogP contribution in [0.3, 0.4) is 0 Å². The molecule has 1 saturated carbocycles. The molecule has 54 valence electrons. The zero-order chi connectivity index (χ0) is 7.40. The predicted octanol–water partition coefficient (Wildman–Crippen LogP) is 1.52. The molecule has 0 N–H and O–H groups in total. The van der Waals surface area contributed by atoms with E-state index < -0.39 is 0 Å². The van der Waals surface area contributed by atoms with Gasteiger partial charge in [0, 0.05) is 11.8 Å². The van der Waals surface area contributed by atoms with Gasteiger partial charge in [0.1, 0.15) is 6.29 Å². The van der Waals surface area contributed by atoms with Crippen LogP contribution < -0.4 is 0 Å². The fourth-order valence-electron chi connectivity index (χ4n) is 1.47. The molecule has 1 rings (SSSR count). The van der Waals surface area contributed by atoms with Crippen molar-refractivity contribution in [2.45, 2.75) is 25.7 Å². The van der Waals surface area contributed by atoms with Gasteiger partial charge in [-0.1, -0.05) is 6.42 Å². The number of aldehydes is 1. The molecule has 1 aliphatic carbocycles. The Balaban J connectivity index is 2.40. The number of rotatable bonds is 1. The van der Waals surface area contributed by atoms with Gasteiger partial charge in [-0.05, 0) is 19.3 Å². The summed E-state index contributed by atoms with van der Waals surface area (Å²) in [5.74, 6) is 0.308. The third-order valence-corrected chi connectivity index (χ3v) is 2.09. The van der Waals surface area contributed by atoms with Crippen molar-refractivity contribution in [2.24, 2.45) is 11.8 Å². The molecule has 0 amide bonds. The van der Waals surface area contributed by atoms with Crippen LogP contribution in [0.15, 0.2) is 0 Å². The van der Waals surface area contributed by atoms with E-state index in [0.717, 1.165) is 32.0 Å². The molecule has 1 aliphatic rings. The van der Waals surface area contributed by atoms with Gasteiger partial charge in [0.05, 0.1) is 6.07 Å². The first-order valence-electron chi connectivity index (χ1n) is 3.71. The highest BCUT2D eigenvalue weighted by Gasteiger charge is 2.20. The lowest BCUT2D eigenvalue weighted by molar-refractivity contribution is -0.112. The second-order valence-corrected chi connectivity index (χ2v) is 2.89. The van der Waals surface area contributed by atoms with Crippen LogP contribution >= 0.6 is 0 Å². The third-order valence-electron chi connectivity index (χ3n) is 2.09. The lowest BCUT2D eigenvalue weighted by atomic mass is 9.83. The molecule has 2 unspecified atom stereocenters. The molecule has 2 heteroatoms. The van der Waals surface area contributed by atoms with E-state index in [9.17, 15) is 4.79 Å². The van der Waals surface area contributed by atoms with Crippen molar-refractivity contribution in [3.8, 4) is 6.07 Å². The molecular weight excluding hydrogens is 126 g/mol. The molecule has 0 aromatic heterocycles. The zero-order valence-corrected chi connectivity index (χ0v) is 5.92. The number of carbonyl (C=O) groups is 1.